The number of piperidine rings is 1. The standard InChI is InChI=1S/C15H22N4/c1-11(2)18-8-4-3-5-14(18)15-17-9-13-7-6-12(16)10-19(13)15/h6-7,9-11,14H,3-5,8,16H2,1-2H3. The zero-order chi connectivity index (χ0) is 13.4. The number of hydrogen-bond donors (Lipinski definition) is 1. The van der Waals surface area contributed by atoms with Crippen molar-refractivity contribution < 1.29 is 0 Å². The summed E-state index contributed by atoms with van der Waals surface area (Å²) in [6, 6.07) is 4.94. The van der Waals surface area contributed by atoms with Gasteiger partial charge in [0, 0.05) is 17.9 Å². The van der Waals surface area contributed by atoms with Crippen LogP contribution in [0.25, 0.3) is 5.52 Å². The van der Waals surface area contributed by atoms with Gasteiger partial charge in [0.1, 0.15) is 5.82 Å². The van der Waals surface area contributed by atoms with Crippen LogP contribution in [0.5, 0.6) is 0 Å². The number of nitrogen functional groups attached to an aromatic ring is 1. The Morgan fingerprint density at radius 2 is 2.16 bits per heavy atom. The fourth-order valence-electron chi connectivity index (χ4n) is 3.12. The highest BCUT2D eigenvalue weighted by Gasteiger charge is 2.28. The number of nitrogens with two attached hydrogens (primary N) is 1. The Hall–Kier alpha value is -1.55. The fraction of sp³-hybridized carbons (Fsp3) is 0.533. The predicted octanol–water partition coefficient (Wildman–Crippen LogP) is 2.85. The molecule has 0 aromatic carbocycles. The monoisotopic (exact) mass is 258 g/mol. The maximum atomic E-state index is 5.91. The van der Waals surface area contributed by atoms with E-state index < -0.39 is 0 Å². The van der Waals surface area contributed by atoms with Crippen molar-refractivity contribution in [2.24, 2.45) is 0 Å². The Bertz CT molecular complexity index is 573. The number of hydrogen-bond acceptors (Lipinski definition) is 3. The van der Waals surface area contributed by atoms with Crippen LogP contribution in [0.2, 0.25) is 0 Å². The first-order chi connectivity index (χ1) is 9.16. The molecule has 19 heavy (non-hydrogen) atoms. The van der Waals surface area contributed by atoms with Gasteiger partial charge in [0.25, 0.3) is 0 Å². The van der Waals surface area contributed by atoms with Crippen molar-refractivity contribution >= 4 is 11.2 Å². The van der Waals surface area contributed by atoms with E-state index in [1.54, 1.807) is 0 Å². The van der Waals surface area contributed by atoms with E-state index in [4.69, 9.17) is 5.73 Å². The molecule has 4 heteroatoms. The van der Waals surface area contributed by atoms with Crippen molar-refractivity contribution in [1.29, 1.82) is 0 Å². The van der Waals surface area contributed by atoms with Gasteiger partial charge in [0.2, 0.25) is 0 Å². The van der Waals surface area contributed by atoms with Gasteiger partial charge in [0.15, 0.2) is 0 Å². The number of pyridine rings is 1. The maximum Gasteiger partial charge on any atom is 0.130 e. The van der Waals surface area contributed by atoms with Gasteiger partial charge in [-0.1, -0.05) is 6.42 Å². The summed E-state index contributed by atoms with van der Waals surface area (Å²) in [4.78, 5) is 7.22. The summed E-state index contributed by atoms with van der Waals surface area (Å²) in [7, 11) is 0. The van der Waals surface area contributed by atoms with Gasteiger partial charge >= 0.3 is 0 Å². The minimum absolute atomic E-state index is 0.415. The molecular formula is C15H22N4. The van der Waals surface area contributed by atoms with E-state index >= 15 is 0 Å². The van der Waals surface area contributed by atoms with E-state index in [2.05, 4.69) is 28.1 Å². The van der Waals surface area contributed by atoms with Crippen LogP contribution in [-0.2, 0) is 0 Å². The van der Waals surface area contributed by atoms with Crippen LogP contribution in [0.4, 0.5) is 5.69 Å². The van der Waals surface area contributed by atoms with Gasteiger partial charge in [0.05, 0.1) is 17.8 Å². The summed E-state index contributed by atoms with van der Waals surface area (Å²) < 4.78 is 2.15. The summed E-state index contributed by atoms with van der Waals surface area (Å²) in [5.41, 5.74) is 7.83. The molecule has 2 N–H and O–H groups in total. The molecule has 1 saturated heterocycles. The molecule has 1 atom stereocenters. The third-order valence-corrected chi connectivity index (χ3v) is 4.08. The minimum Gasteiger partial charge on any atom is -0.398 e. The average molecular weight is 258 g/mol. The lowest BCUT2D eigenvalue weighted by Gasteiger charge is -2.37. The molecule has 2 aromatic rings. The molecule has 0 spiro atoms. The van der Waals surface area contributed by atoms with Gasteiger partial charge in [-0.3, -0.25) is 4.90 Å². The quantitative estimate of drug-likeness (QED) is 0.901. The molecule has 3 rings (SSSR count). The van der Waals surface area contributed by atoms with Gasteiger partial charge < -0.3 is 10.1 Å². The molecule has 4 nitrogen and oxygen atoms in total. The van der Waals surface area contributed by atoms with Crippen LogP contribution in [-0.4, -0.2) is 26.9 Å². The number of imidazole rings is 1. The van der Waals surface area contributed by atoms with E-state index in [-0.39, 0.29) is 0 Å². The van der Waals surface area contributed by atoms with Crippen molar-refractivity contribution in [3.8, 4) is 0 Å². The first-order valence-corrected chi connectivity index (χ1v) is 7.15. The first kappa shape index (κ1) is 12.5. The highest BCUT2D eigenvalue weighted by Crippen LogP contribution is 2.32. The van der Waals surface area contributed by atoms with Gasteiger partial charge in [-0.2, -0.15) is 0 Å². The van der Waals surface area contributed by atoms with E-state index in [0.29, 0.717) is 12.1 Å². The third-order valence-electron chi connectivity index (χ3n) is 4.08. The fourth-order valence-corrected chi connectivity index (χ4v) is 3.12. The third kappa shape index (κ3) is 2.21. The molecule has 3 heterocycles. The predicted molar refractivity (Wildman–Crippen MR) is 78.0 cm³/mol. The Labute approximate surface area is 114 Å². The zero-order valence-electron chi connectivity index (χ0n) is 11.7. The molecule has 0 saturated carbocycles. The number of fused-ring (bicyclic) bond motifs is 1. The number of likely N-dealkylation sites (tertiary alicyclic amines) is 1. The van der Waals surface area contributed by atoms with Crippen LogP contribution >= 0.6 is 0 Å². The molecule has 102 valence electrons. The topological polar surface area (TPSA) is 46.6 Å². The van der Waals surface area contributed by atoms with Gasteiger partial charge in [-0.15, -0.1) is 0 Å². The number of nitrogens with zero attached hydrogens (tertiary/aromatic N) is 3. The van der Waals surface area contributed by atoms with Crippen LogP contribution in [0.3, 0.4) is 0 Å². The molecule has 1 aliphatic rings. The normalized spacial score (nSPS) is 21.3. The van der Waals surface area contributed by atoms with E-state index in [1.807, 2.05) is 24.5 Å². The average Bonchev–Trinajstić information content (AvgIpc) is 2.81. The van der Waals surface area contributed by atoms with Crippen LogP contribution in [0.1, 0.15) is 45.0 Å². The lowest BCUT2D eigenvalue weighted by Crippen LogP contribution is -2.39. The van der Waals surface area contributed by atoms with Crippen LogP contribution in [0, 0.1) is 0 Å². The van der Waals surface area contributed by atoms with Crippen molar-refractivity contribution in [3.05, 3.63) is 30.4 Å². The summed E-state index contributed by atoms with van der Waals surface area (Å²) in [6.07, 6.45) is 7.70. The number of aromatic nitrogens is 2. The maximum absolute atomic E-state index is 5.91. The van der Waals surface area contributed by atoms with Crippen LogP contribution < -0.4 is 5.73 Å². The smallest absolute Gasteiger partial charge is 0.130 e. The molecule has 1 unspecified atom stereocenters. The SMILES string of the molecule is CC(C)N1CCCCC1c1ncc2ccc(N)cn12. The van der Waals surface area contributed by atoms with Crippen molar-refractivity contribution in [2.45, 2.75) is 45.2 Å². The van der Waals surface area contributed by atoms with E-state index in [0.717, 1.165) is 17.0 Å². The summed E-state index contributed by atoms with van der Waals surface area (Å²) >= 11 is 0. The zero-order valence-corrected chi connectivity index (χ0v) is 11.7. The Morgan fingerprint density at radius 3 is 2.95 bits per heavy atom. The molecule has 1 fully saturated rings. The second-order valence-corrected chi connectivity index (χ2v) is 5.72. The summed E-state index contributed by atoms with van der Waals surface area (Å²) in [6.45, 7) is 5.70. The number of rotatable bonds is 2. The summed E-state index contributed by atoms with van der Waals surface area (Å²) in [5, 5.41) is 0. The summed E-state index contributed by atoms with van der Waals surface area (Å²) in [5.74, 6) is 1.13. The Balaban J connectivity index is 2.04. The van der Waals surface area contributed by atoms with E-state index in [9.17, 15) is 0 Å². The van der Waals surface area contributed by atoms with Gasteiger partial charge in [-0.05, 0) is 45.4 Å². The first-order valence-electron chi connectivity index (χ1n) is 7.15. The molecule has 0 aliphatic carbocycles. The van der Waals surface area contributed by atoms with Crippen LogP contribution in [0.15, 0.2) is 24.5 Å². The molecule has 1 aliphatic heterocycles. The Kier molecular flexibility index (Phi) is 3.19. The molecular weight excluding hydrogens is 236 g/mol. The highest BCUT2D eigenvalue weighted by molar-refractivity contribution is 5.52. The lowest BCUT2D eigenvalue weighted by atomic mass is 10.00. The second kappa shape index (κ2) is 4.85. The largest absolute Gasteiger partial charge is 0.398 e. The second-order valence-electron chi connectivity index (χ2n) is 5.72. The lowest BCUT2D eigenvalue weighted by molar-refractivity contribution is 0.106. The van der Waals surface area contributed by atoms with Crippen molar-refractivity contribution in [1.82, 2.24) is 14.3 Å². The highest BCUT2D eigenvalue weighted by atomic mass is 15.2. The number of anilines is 1. The minimum atomic E-state index is 0.415. The molecule has 0 bridgehead atoms. The Morgan fingerprint density at radius 1 is 1.32 bits per heavy atom. The molecule has 2 aromatic heterocycles. The molecule has 0 radical (unpaired) electrons. The van der Waals surface area contributed by atoms with E-state index in [1.165, 1.54) is 25.8 Å². The van der Waals surface area contributed by atoms with Crippen molar-refractivity contribution in [3.63, 3.8) is 0 Å². The van der Waals surface area contributed by atoms with Crippen molar-refractivity contribution in [2.75, 3.05) is 12.3 Å². The van der Waals surface area contributed by atoms with Gasteiger partial charge in [-0.25, -0.2) is 4.98 Å². The molecule has 0 amide bonds.